The molecule has 34 heavy (non-hydrogen) atoms. The third kappa shape index (κ3) is 3.10. The molecule has 1 aromatic carbocycles. The number of aliphatic hydroxyl groups excluding tert-OH is 1. The molecule has 9 nitrogen and oxygen atoms in total. The number of nitrogens with two attached hydrogens (primary N) is 1. The number of nitrogens with zero attached hydrogens (tertiary/aromatic N) is 1. The van der Waals surface area contributed by atoms with Gasteiger partial charge in [-0.25, -0.2) is 0 Å². The van der Waals surface area contributed by atoms with E-state index in [1.807, 2.05) is 19.9 Å². The number of hydrogen-bond acceptors (Lipinski definition) is 8. The van der Waals surface area contributed by atoms with Gasteiger partial charge in [-0.2, -0.15) is 0 Å². The number of Topliss-reactive ketones (excluding diaryl/α,β-unsaturated/α-hetero) is 3. The second-order valence-corrected chi connectivity index (χ2v) is 10.1. The van der Waals surface area contributed by atoms with Gasteiger partial charge in [0.2, 0.25) is 5.91 Å². The maximum atomic E-state index is 13.8. The Bertz CT molecular complexity index is 1100. The zero-order chi connectivity index (χ0) is 25.3. The monoisotopic (exact) mass is 472 g/mol. The van der Waals surface area contributed by atoms with Crippen LogP contribution in [0.2, 0.25) is 0 Å². The van der Waals surface area contributed by atoms with Gasteiger partial charge in [0.15, 0.2) is 23.0 Å². The number of aliphatic hydroxyl groups is 2. The quantitative estimate of drug-likeness (QED) is 0.438. The van der Waals surface area contributed by atoms with E-state index in [1.54, 1.807) is 19.0 Å². The predicted molar refractivity (Wildman–Crippen MR) is 121 cm³/mol. The van der Waals surface area contributed by atoms with E-state index >= 15 is 0 Å². The normalized spacial score (nSPS) is 35.1. The fraction of sp³-hybridized carbons (Fsp3) is 0.600. The number of aryl methyl sites for hydroxylation is 2. The summed E-state index contributed by atoms with van der Waals surface area (Å²) >= 11 is 0. The van der Waals surface area contributed by atoms with Crippen LogP contribution in [0.3, 0.4) is 0 Å². The number of ketones is 3. The van der Waals surface area contributed by atoms with Gasteiger partial charge in [-0.3, -0.25) is 19.2 Å². The highest BCUT2D eigenvalue weighted by molar-refractivity contribution is 6.25. The number of carbonyl (C=O) groups is 4. The lowest BCUT2D eigenvalue weighted by atomic mass is 9.52. The van der Waals surface area contributed by atoms with E-state index in [9.17, 15) is 34.5 Å². The van der Waals surface area contributed by atoms with Gasteiger partial charge >= 0.3 is 0 Å². The summed E-state index contributed by atoms with van der Waals surface area (Å²) in [5.74, 6) is -8.66. The van der Waals surface area contributed by atoms with Crippen LogP contribution in [0.5, 0.6) is 5.75 Å². The first kappa shape index (κ1) is 24.5. The van der Waals surface area contributed by atoms with E-state index in [0.29, 0.717) is 30.4 Å². The molecule has 0 aliphatic heterocycles. The second kappa shape index (κ2) is 8.25. The lowest BCUT2D eigenvalue weighted by Crippen LogP contribution is -2.75. The fourth-order valence-electron chi connectivity index (χ4n) is 6.61. The molecule has 2 saturated carbocycles. The molecule has 4 rings (SSSR count). The molecule has 1 aromatic rings. The Morgan fingerprint density at radius 3 is 2.29 bits per heavy atom. The van der Waals surface area contributed by atoms with E-state index < -0.39 is 64.7 Å². The molecule has 9 heteroatoms. The van der Waals surface area contributed by atoms with Crippen LogP contribution in [0.15, 0.2) is 6.07 Å². The summed E-state index contributed by atoms with van der Waals surface area (Å²) in [5.41, 5.74) is 5.05. The maximum Gasteiger partial charge on any atom is 0.230 e. The number of likely N-dealkylation sites (N-methyl/N-ethyl adjacent to an activating group) is 1. The van der Waals surface area contributed by atoms with Crippen molar-refractivity contribution < 1.29 is 34.5 Å². The van der Waals surface area contributed by atoms with Crippen molar-refractivity contribution in [2.24, 2.45) is 29.4 Å². The lowest BCUT2D eigenvalue weighted by Gasteiger charge is -2.55. The fourth-order valence-corrected chi connectivity index (χ4v) is 6.61. The van der Waals surface area contributed by atoms with Crippen molar-refractivity contribution in [2.45, 2.75) is 57.3 Å². The molecule has 184 valence electrons. The number of benzene rings is 1. The molecule has 0 spiro atoms. The molecule has 3 unspecified atom stereocenters. The minimum absolute atomic E-state index is 0.0896. The Morgan fingerprint density at radius 2 is 1.76 bits per heavy atom. The van der Waals surface area contributed by atoms with Crippen molar-refractivity contribution in [3.8, 4) is 5.75 Å². The van der Waals surface area contributed by atoms with E-state index in [2.05, 4.69) is 0 Å². The summed E-state index contributed by atoms with van der Waals surface area (Å²) in [6.45, 7) is 3.81. The number of phenolic OH excluding ortho intramolecular Hbond substituents is 1. The van der Waals surface area contributed by atoms with Crippen molar-refractivity contribution in [1.29, 1.82) is 0 Å². The van der Waals surface area contributed by atoms with Gasteiger partial charge in [-0.1, -0.05) is 19.9 Å². The number of carbonyl (C=O) groups excluding carboxylic acids is 4. The third-order valence-electron chi connectivity index (χ3n) is 8.22. The zero-order valence-electron chi connectivity index (χ0n) is 19.9. The molecule has 3 aliphatic carbocycles. The lowest BCUT2D eigenvalue weighted by molar-refractivity contribution is -0.190. The molecule has 0 bridgehead atoms. The Kier molecular flexibility index (Phi) is 5.95. The Hall–Kier alpha value is -2.62. The molecule has 7 atom stereocenters. The molecule has 0 aromatic heterocycles. The standard InChI is InChI=1S/C25H32N2O7/c1-5-10-7-11(6-2)19(28)16-13(10)8-12-9-14-18(27(3)4)21(30)17(24(26)33)23(32)25(14,34)22(31)15(12)20(16)29/h7,12,14-15,17-18,21,28,30,34H,5-6,8-9H2,1-4H3,(H2,26,33)/t12-,14-,15?,17?,18-,21?,25-/m1/s1. The summed E-state index contributed by atoms with van der Waals surface area (Å²) in [6.07, 6.45) is 0.0838. The number of phenols is 1. The van der Waals surface area contributed by atoms with Crippen molar-refractivity contribution in [2.75, 3.05) is 14.1 Å². The largest absolute Gasteiger partial charge is 0.507 e. The van der Waals surface area contributed by atoms with Gasteiger partial charge in [0.05, 0.1) is 17.6 Å². The molecular weight excluding hydrogens is 440 g/mol. The highest BCUT2D eigenvalue weighted by Crippen LogP contribution is 2.52. The average Bonchev–Trinajstić information content (AvgIpc) is 2.76. The molecule has 2 fully saturated rings. The van der Waals surface area contributed by atoms with Crippen LogP contribution in [0.25, 0.3) is 0 Å². The molecular formula is C25H32N2O7. The number of amides is 1. The first-order chi connectivity index (χ1) is 15.9. The number of fused-ring (bicyclic) bond motifs is 3. The third-order valence-corrected chi connectivity index (χ3v) is 8.22. The van der Waals surface area contributed by atoms with Crippen LogP contribution >= 0.6 is 0 Å². The van der Waals surface area contributed by atoms with Crippen LogP contribution in [0.4, 0.5) is 0 Å². The maximum absolute atomic E-state index is 13.8. The number of hydrogen-bond donors (Lipinski definition) is 4. The molecule has 0 radical (unpaired) electrons. The zero-order valence-corrected chi connectivity index (χ0v) is 19.9. The van der Waals surface area contributed by atoms with Crippen molar-refractivity contribution >= 4 is 23.3 Å². The average molecular weight is 473 g/mol. The summed E-state index contributed by atoms with van der Waals surface area (Å²) < 4.78 is 0. The first-order valence-corrected chi connectivity index (χ1v) is 11.8. The summed E-state index contributed by atoms with van der Waals surface area (Å²) in [6, 6.07) is 0.986. The highest BCUT2D eigenvalue weighted by atomic mass is 16.3. The van der Waals surface area contributed by atoms with Gasteiger partial charge in [0.1, 0.15) is 11.7 Å². The first-order valence-electron chi connectivity index (χ1n) is 11.8. The van der Waals surface area contributed by atoms with Gasteiger partial charge < -0.3 is 26.0 Å². The van der Waals surface area contributed by atoms with Crippen molar-refractivity contribution in [3.63, 3.8) is 0 Å². The molecule has 0 heterocycles. The number of aromatic hydroxyl groups is 1. The second-order valence-electron chi connectivity index (χ2n) is 10.1. The minimum Gasteiger partial charge on any atom is -0.507 e. The van der Waals surface area contributed by atoms with Gasteiger partial charge in [-0.15, -0.1) is 0 Å². The van der Waals surface area contributed by atoms with Crippen LogP contribution in [-0.2, 0) is 33.6 Å². The smallest absolute Gasteiger partial charge is 0.230 e. The highest BCUT2D eigenvalue weighted by Gasteiger charge is 2.69. The summed E-state index contributed by atoms with van der Waals surface area (Å²) in [5, 5.41) is 33.3. The topological polar surface area (TPSA) is 158 Å². The van der Waals surface area contributed by atoms with E-state index in [0.717, 1.165) is 5.56 Å². The molecule has 1 amide bonds. The van der Waals surface area contributed by atoms with Gasteiger partial charge in [0.25, 0.3) is 0 Å². The van der Waals surface area contributed by atoms with E-state index in [-0.39, 0.29) is 17.7 Å². The van der Waals surface area contributed by atoms with E-state index in [4.69, 9.17) is 5.73 Å². The SMILES string of the molecule is CCc1cc(CC)c2c(c1O)C(=O)C1C(=O)[C@@]3(O)C(=O)C(C(N)=O)C(O)[C@H](N(C)C)[C@H]3C[C@H]1C2. The van der Waals surface area contributed by atoms with Crippen molar-refractivity contribution in [1.82, 2.24) is 4.90 Å². The van der Waals surface area contributed by atoms with Crippen LogP contribution in [-0.4, -0.2) is 75.3 Å². The van der Waals surface area contributed by atoms with Gasteiger partial charge in [0, 0.05) is 12.0 Å². The van der Waals surface area contributed by atoms with Crippen LogP contribution in [0, 0.1) is 23.7 Å². The van der Waals surface area contributed by atoms with Gasteiger partial charge in [-0.05, 0) is 62.4 Å². The molecule has 3 aliphatic rings. The van der Waals surface area contributed by atoms with Crippen LogP contribution in [0.1, 0.15) is 47.3 Å². The number of primary amides is 1. The number of rotatable bonds is 4. The Balaban J connectivity index is 1.89. The molecule has 5 N–H and O–H groups in total. The van der Waals surface area contributed by atoms with E-state index in [1.165, 1.54) is 0 Å². The summed E-state index contributed by atoms with van der Waals surface area (Å²) in [4.78, 5) is 54.4. The summed E-state index contributed by atoms with van der Waals surface area (Å²) in [7, 11) is 3.25. The van der Waals surface area contributed by atoms with Crippen LogP contribution < -0.4 is 5.73 Å². The Morgan fingerprint density at radius 1 is 1.15 bits per heavy atom. The Labute approximate surface area is 197 Å². The van der Waals surface area contributed by atoms with Crippen molar-refractivity contribution in [3.05, 3.63) is 28.3 Å². The molecule has 0 saturated heterocycles. The minimum atomic E-state index is -2.63. The predicted octanol–water partition coefficient (Wildman–Crippen LogP) is -0.216.